The van der Waals surface area contributed by atoms with E-state index in [4.69, 9.17) is 16.7 Å². The number of hydrogen-bond donors (Lipinski definition) is 1. The van der Waals surface area contributed by atoms with Crippen molar-refractivity contribution < 1.29 is 14.7 Å². The van der Waals surface area contributed by atoms with Gasteiger partial charge in [0.25, 0.3) is 0 Å². The Morgan fingerprint density at radius 3 is 2.45 bits per heavy atom. The van der Waals surface area contributed by atoms with Gasteiger partial charge in [0.2, 0.25) is 5.91 Å². The number of carbonyl (C=O) groups is 2. The summed E-state index contributed by atoms with van der Waals surface area (Å²) in [5, 5.41) is 9.83. The third kappa shape index (κ3) is 4.62. The number of carbonyl (C=O) groups excluding carboxylic acids is 1. The van der Waals surface area contributed by atoms with E-state index in [1.165, 1.54) is 5.56 Å². The lowest BCUT2D eigenvalue weighted by Gasteiger charge is -2.37. The molecule has 1 saturated heterocycles. The molecule has 0 unspecified atom stereocenters. The topological polar surface area (TPSA) is 60.9 Å². The van der Waals surface area contributed by atoms with E-state index in [2.05, 4.69) is 17.0 Å². The number of benzene rings is 2. The van der Waals surface area contributed by atoms with Gasteiger partial charge in [0.1, 0.15) is 0 Å². The molecule has 2 aromatic rings. The Hall–Kier alpha value is -2.37. The van der Waals surface area contributed by atoms with E-state index >= 15 is 0 Å². The molecule has 0 aliphatic carbocycles. The van der Waals surface area contributed by atoms with E-state index in [0.29, 0.717) is 6.42 Å². The molecule has 1 amide bonds. The summed E-state index contributed by atoms with van der Waals surface area (Å²) in [6, 6.07) is 13.8. The fourth-order valence-electron chi connectivity index (χ4n) is 4.39. The lowest BCUT2D eigenvalue weighted by molar-refractivity contribution is -0.136. The first-order valence-corrected chi connectivity index (χ1v) is 10.5. The number of amides is 1. The minimum Gasteiger partial charge on any atom is -0.481 e. The number of carboxylic acids is 1. The summed E-state index contributed by atoms with van der Waals surface area (Å²) < 4.78 is 0. The first kappa shape index (κ1) is 19.9. The Kier molecular flexibility index (Phi) is 5.88. The summed E-state index contributed by atoms with van der Waals surface area (Å²) in [6.45, 7) is 2.93. The zero-order chi connectivity index (χ0) is 20.4. The summed E-state index contributed by atoms with van der Waals surface area (Å²) in [6.07, 6.45) is 3.27. The third-order valence-corrected chi connectivity index (χ3v) is 6.18. The van der Waals surface area contributed by atoms with Crippen molar-refractivity contribution in [2.75, 3.05) is 24.5 Å². The highest BCUT2D eigenvalue weighted by atomic mass is 35.5. The summed E-state index contributed by atoms with van der Waals surface area (Å²) in [7, 11) is 0. The molecule has 0 atom stereocenters. The molecule has 2 heterocycles. The zero-order valence-electron chi connectivity index (χ0n) is 16.3. The fraction of sp³-hybridized carbons (Fsp3) is 0.391. The van der Waals surface area contributed by atoms with Gasteiger partial charge in [-0.05, 0) is 54.2 Å². The standard InChI is InChI=1S/C23H25ClN2O3/c24-19-5-2-16(3-6-19)7-10-25-11-8-20(9-12-25)26-21-13-17(14-23(28)29)1-4-18(21)15-22(26)27/h1-6,13,20H,7-12,14-15H2,(H,28,29). The first-order valence-electron chi connectivity index (χ1n) is 10.1. The molecule has 2 aliphatic heterocycles. The molecule has 0 saturated carbocycles. The minimum atomic E-state index is -0.852. The number of fused-ring (bicyclic) bond motifs is 1. The van der Waals surface area contributed by atoms with Gasteiger partial charge in [0.05, 0.1) is 12.8 Å². The average molecular weight is 413 g/mol. The molecule has 2 aliphatic rings. The molecule has 1 fully saturated rings. The second kappa shape index (κ2) is 8.56. The number of hydrogen-bond acceptors (Lipinski definition) is 3. The zero-order valence-corrected chi connectivity index (χ0v) is 17.1. The van der Waals surface area contributed by atoms with Gasteiger partial charge in [0, 0.05) is 36.4 Å². The van der Waals surface area contributed by atoms with Crippen molar-refractivity contribution in [3.8, 4) is 0 Å². The van der Waals surface area contributed by atoms with Crippen molar-refractivity contribution >= 4 is 29.2 Å². The summed E-state index contributed by atoms with van der Waals surface area (Å²) in [5.41, 5.74) is 3.95. The van der Waals surface area contributed by atoms with Crippen LogP contribution in [-0.4, -0.2) is 47.6 Å². The fourth-order valence-corrected chi connectivity index (χ4v) is 4.52. The Balaban J connectivity index is 1.37. The average Bonchev–Trinajstić information content (AvgIpc) is 3.02. The van der Waals surface area contributed by atoms with Crippen LogP contribution in [0.15, 0.2) is 42.5 Å². The predicted octanol–water partition coefficient (Wildman–Crippen LogP) is 3.56. The third-order valence-electron chi connectivity index (χ3n) is 5.93. The van der Waals surface area contributed by atoms with E-state index in [1.54, 1.807) is 0 Å². The molecule has 0 radical (unpaired) electrons. The smallest absolute Gasteiger partial charge is 0.307 e. The van der Waals surface area contributed by atoms with Crippen molar-refractivity contribution in [2.45, 2.75) is 38.1 Å². The van der Waals surface area contributed by atoms with Crippen LogP contribution < -0.4 is 4.90 Å². The monoisotopic (exact) mass is 412 g/mol. The number of nitrogens with zero attached hydrogens (tertiary/aromatic N) is 2. The number of aliphatic carboxylic acids is 1. The Morgan fingerprint density at radius 1 is 1.07 bits per heavy atom. The largest absolute Gasteiger partial charge is 0.481 e. The van der Waals surface area contributed by atoms with Crippen molar-refractivity contribution in [1.82, 2.24) is 4.90 Å². The lowest BCUT2D eigenvalue weighted by atomic mass is 10.0. The van der Waals surface area contributed by atoms with E-state index in [-0.39, 0.29) is 18.4 Å². The first-order chi connectivity index (χ1) is 14.0. The highest BCUT2D eigenvalue weighted by molar-refractivity contribution is 6.30. The van der Waals surface area contributed by atoms with Gasteiger partial charge >= 0.3 is 5.97 Å². The van der Waals surface area contributed by atoms with Gasteiger partial charge in [-0.2, -0.15) is 0 Å². The van der Waals surface area contributed by atoms with Crippen molar-refractivity contribution in [3.63, 3.8) is 0 Å². The van der Waals surface area contributed by atoms with Crippen LogP contribution in [0.25, 0.3) is 0 Å². The quantitative estimate of drug-likeness (QED) is 0.788. The Morgan fingerprint density at radius 2 is 1.76 bits per heavy atom. The predicted molar refractivity (Wildman–Crippen MR) is 114 cm³/mol. The molecule has 2 aromatic carbocycles. The Bertz CT molecular complexity index is 905. The summed E-state index contributed by atoms with van der Waals surface area (Å²) in [4.78, 5) is 28.1. The lowest BCUT2D eigenvalue weighted by Crippen LogP contribution is -2.46. The van der Waals surface area contributed by atoms with Gasteiger partial charge in [-0.15, -0.1) is 0 Å². The van der Waals surface area contributed by atoms with E-state index in [0.717, 1.165) is 60.7 Å². The number of rotatable bonds is 6. The molecular weight excluding hydrogens is 388 g/mol. The molecule has 4 rings (SSSR count). The molecule has 0 aromatic heterocycles. The van der Waals surface area contributed by atoms with Gasteiger partial charge in [0.15, 0.2) is 0 Å². The summed E-state index contributed by atoms with van der Waals surface area (Å²) >= 11 is 5.95. The highest BCUT2D eigenvalue weighted by Gasteiger charge is 2.35. The second-order valence-corrected chi connectivity index (χ2v) is 8.36. The van der Waals surface area contributed by atoms with Crippen LogP contribution in [0.5, 0.6) is 0 Å². The van der Waals surface area contributed by atoms with E-state index in [1.807, 2.05) is 35.2 Å². The number of carboxylic acid groups (broad SMARTS) is 1. The van der Waals surface area contributed by atoms with Crippen LogP contribution in [-0.2, 0) is 28.9 Å². The number of piperidine rings is 1. The number of anilines is 1. The molecule has 152 valence electrons. The van der Waals surface area contributed by atoms with Crippen LogP contribution in [0, 0.1) is 0 Å². The second-order valence-electron chi connectivity index (χ2n) is 7.92. The van der Waals surface area contributed by atoms with Crippen LogP contribution >= 0.6 is 11.6 Å². The van der Waals surface area contributed by atoms with Crippen LogP contribution in [0.3, 0.4) is 0 Å². The minimum absolute atomic E-state index is 0.0154. The van der Waals surface area contributed by atoms with Crippen LogP contribution in [0.2, 0.25) is 5.02 Å². The van der Waals surface area contributed by atoms with Crippen molar-refractivity contribution in [3.05, 3.63) is 64.2 Å². The van der Waals surface area contributed by atoms with Gasteiger partial charge in [-0.1, -0.05) is 35.9 Å². The van der Waals surface area contributed by atoms with Gasteiger partial charge in [-0.3, -0.25) is 9.59 Å². The number of halogens is 1. The molecule has 1 N–H and O–H groups in total. The van der Waals surface area contributed by atoms with E-state index < -0.39 is 5.97 Å². The SMILES string of the molecule is O=C(O)Cc1ccc2c(c1)N(C1CCN(CCc3ccc(Cl)cc3)CC1)C(=O)C2. The maximum absolute atomic E-state index is 12.7. The molecule has 6 heteroatoms. The molecule has 5 nitrogen and oxygen atoms in total. The maximum atomic E-state index is 12.7. The molecule has 29 heavy (non-hydrogen) atoms. The normalized spacial score (nSPS) is 17.6. The van der Waals surface area contributed by atoms with E-state index in [9.17, 15) is 9.59 Å². The maximum Gasteiger partial charge on any atom is 0.307 e. The van der Waals surface area contributed by atoms with Crippen molar-refractivity contribution in [2.24, 2.45) is 0 Å². The summed E-state index contributed by atoms with van der Waals surface area (Å²) in [5.74, 6) is -0.720. The van der Waals surface area contributed by atoms with Crippen LogP contribution in [0.1, 0.15) is 29.5 Å². The van der Waals surface area contributed by atoms with Crippen LogP contribution in [0.4, 0.5) is 5.69 Å². The molecular formula is C23H25ClN2O3. The van der Waals surface area contributed by atoms with Crippen molar-refractivity contribution in [1.29, 1.82) is 0 Å². The molecule has 0 bridgehead atoms. The van der Waals surface area contributed by atoms with Gasteiger partial charge in [-0.25, -0.2) is 0 Å². The highest BCUT2D eigenvalue weighted by Crippen LogP contribution is 2.34. The number of likely N-dealkylation sites (tertiary alicyclic amines) is 1. The Labute approximate surface area is 175 Å². The molecule has 0 spiro atoms. The van der Waals surface area contributed by atoms with Gasteiger partial charge < -0.3 is 14.9 Å².